The monoisotopic (exact) mass is 297 g/mol. The highest BCUT2D eigenvalue weighted by molar-refractivity contribution is 7.13. The van der Waals surface area contributed by atoms with Crippen LogP contribution in [0.25, 0.3) is 0 Å². The van der Waals surface area contributed by atoms with Gasteiger partial charge in [-0.1, -0.05) is 26.2 Å². The lowest BCUT2D eigenvalue weighted by Gasteiger charge is -2.11. The summed E-state index contributed by atoms with van der Waals surface area (Å²) in [4.78, 5) is 10.8. The Kier molecular flexibility index (Phi) is 8.02. The summed E-state index contributed by atoms with van der Waals surface area (Å²) in [5, 5.41) is 9.74. The number of hydrogen-bond donors (Lipinski definition) is 2. The largest absolute Gasteiger partial charge is 0.356 e. The van der Waals surface area contributed by atoms with Gasteiger partial charge in [0.1, 0.15) is 0 Å². The quantitative estimate of drug-likeness (QED) is 0.440. The Labute approximate surface area is 126 Å². The first-order valence-corrected chi connectivity index (χ1v) is 8.11. The minimum Gasteiger partial charge on any atom is -0.356 e. The minimum absolute atomic E-state index is 0.707. The normalized spacial score (nSPS) is 11.5. The Bertz CT molecular complexity index is 400. The van der Waals surface area contributed by atoms with Crippen LogP contribution < -0.4 is 15.5 Å². The second kappa shape index (κ2) is 9.58. The number of aliphatic imine (C=N–C) groups is 1. The summed E-state index contributed by atoms with van der Waals surface area (Å²) in [6.07, 6.45) is 5.04. The molecule has 0 spiro atoms. The van der Waals surface area contributed by atoms with E-state index in [1.165, 1.54) is 25.7 Å². The molecule has 1 rings (SSSR count). The molecule has 114 valence electrons. The number of anilines is 1. The summed E-state index contributed by atoms with van der Waals surface area (Å²) in [6, 6.07) is 0. The van der Waals surface area contributed by atoms with Crippen LogP contribution >= 0.6 is 11.3 Å². The molecule has 6 heteroatoms. The third kappa shape index (κ3) is 6.23. The number of unbranched alkanes of at least 4 members (excludes halogenated alkanes) is 3. The Morgan fingerprint density at radius 3 is 2.70 bits per heavy atom. The molecule has 20 heavy (non-hydrogen) atoms. The SMILES string of the molecule is CCCCCCNC(=NC)NCc1csc(N(C)C)n1. The minimum atomic E-state index is 0.707. The standard InChI is InChI=1S/C14H27N5S/c1-5-6-7-8-9-16-13(15-2)17-10-12-11-20-14(18-12)19(3)4/h11H,5-10H2,1-4H3,(H2,15,16,17). The van der Waals surface area contributed by atoms with Gasteiger partial charge in [-0.05, 0) is 6.42 Å². The van der Waals surface area contributed by atoms with E-state index >= 15 is 0 Å². The molecular formula is C14H27N5S. The summed E-state index contributed by atoms with van der Waals surface area (Å²) < 4.78 is 0. The topological polar surface area (TPSA) is 52.6 Å². The third-order valence-corrected chi connectivity index (χ3v) is 3.96. The Morgan fingerprint density at radius 1 is 1.30 bits per heavy atom. The lowest BCUT2D eigenvalue weighted by atomic mass is 10.2. The molecule has 1 aromatic heterocycles. The smallest absolute Gasteiger partial charge is 0.191 e. The molecule has 1 heterocycles. The average Bonchev–Trinajstić information content (AvgIpc) is 2.91. The first-order valence-electron chi connectivity index (χ1n) is 7.23. The maximum Gasteiger partial charge on any atom is 0.191 e. The van der Waals surface area contributed by atoms with E-state index in [1.54, 1.807) is 18.4 Å². The molecule has 0 atom stereocenters. The molecule has 0 aromatic carbocycles. The van der Waals surface area contributed by atoms with Gasteiger partial charge in [0.25, 0.3) is 0 Å². The Morgan fingerprint density at radius 2 is 2.10 bits per heavy atom. The van der Waals surface area contributed by atoms with Gasteiger partial charge >= 0.3 is 0 Å². The van der Waals surface area contributed by atoms with Crippen LogP contribution in [-0.4, -0.2) is 38.6 Å². The van der Waals surface area contributed by atoms with Crippen molar-refractivity contribution in [3.8, 4) is 0 Å². The first-order chi connectivity index (χ1) is 9.67. The zero-order chi connectivity index (χ0) is 14.8. The molecule has 0 aliphatic carbocycles. The molecule has 0 fully saturated rings. The van der Waals surface area contributed by atoms with Crippen molar-refractivity contribution in [2.75, 3.05) is 32.6 Å². The second-order valence-electron chi connectivity index (χ2n) is 4.93. The van der Waals surface area contributed by atoms with E-state index in [0.29, 0.717) is 6.54 Å². The van der Waals surface area contributed by atoms with Crippen molar-refractivity contribution < 1.29 is 0 Å². The van der Waals surface area contributed by atoms with Crippen LogP contribution in [0.3, 0.4) is 0 Å². The van der Waals surface area contributed by atoms with Crippen molar-refractivity contribution in [2.24, 2.45) is 4.99 Å². The zero-order valence-corrected chi connectivity index (χ0v) is 13.9. The maximum absolute atomic E-state index is 4.54. The molecule has 0 unspecified atom stereocenters. The summed E-state index contributed by atoms with van der Waals surface area (Å²) in [7, 11) is 5.81. The van der Waals surface area contributed by atoms with Crippen LogP contribution in [0, 0.1) is 0 Å². The van der Waals surface area contributed by atoms with Crippen LogP contribution in [0.15, 0.2) is 10.4 Å². The summed E-state index contributed by atoms with van der Waals surface area (Å²) in [5.74, 6) is 0.848. The number of aromatic nitrogens is 1. The lowest BCUT2D eigenvalue weighted by Crippen LogP contribution is -2.37. The van der Waals surface area contributed by atoms with E-state index in [9.17, 15) is 0 Å². The number of nitrogens with one attached hydrogen (secondary N) is 2. The van der Waals surface area contributed by atoms with Gasteiger partial charge < -0.3 is 15.5 Å². The van der Waals surface area contributed by atoms with Crippen molar-refractivity contribution in [3.63, 3.8) is 0 Å². The van der Waals surface area contributed by atoms with Crippen LogP contribution in [0.4, 0.5) is 5.13 Å². The first kappa shape index (κ1) is 16.8. The molecule has 0 bridgehead atoms. The molecule has 1 aromatic rings. The van der Waals surface area contributed by atoms with Gasteiger partial charge in [-0.25, -0.2) is 4.98 Å². The third-order valence-electron chi connectivity index (χ3n) is 2.91. The fourth-order valence-corrected chi connectivity index (χ4v) is 2.49. The van der Waals surface area contributed by atoms with Gasteiger partial charge in [0, 0.05) is 33.1 Å². The van der Waals surface area contributed by atoms with Gasteiger partial charge in [-0.3, -0.25) is 4.99 Å². The van der Waals surface area contributed by atoms with Crippen molar-refractivity contribution >= 4 is 22.4 Å². The molecule has 0 amide bonds. The van der Waals surface area contributed by atoms with E-state index in [4.69, 9.17) is 0 Å². The summed E-state index contributed by atoms with van der Waals surface area (Å²) in [5.41, 5.74) is 1.05. The van der Waals surface area contributed by atoms with Gasteiger partial charge in [-0.2, -0.15) is 0 Å². The Hall–Kier alpha value is -1.30. The highest BCUT2D eigenvalue weighted by Gasteiger charge is 2.04. The maximum atomic E-state index is 4.54. The molecular weight excluding hydrogens is 270 g/mol. The summed E-state index contributed by atoms with van der Waals surface area (Å²) in [6.45, 7) is 3.91. The van der Waals surface area contributed by atoms with Crippen molar-refractivity contribution in [3.05, 3.63) is 11.1 Å². The molecule has 0 saturated heterocycles. The highest BCUT2D eigenvalue weighted by atomic mass is 32.1. The number of nitrogens with zero attached hydrogens (tertiary/aromatic N) is 3. The number of rotatable bonds is 8. The van der Waals surface area contributed by atoms with E-state index in [-0.39, 0.29) is 0 Å². The number of hydrogen-bond acceptors (Lipinski definition) is 4. The molecule has 2 N–H and O–H groups in total. The highest BCUT2D eigenvalue weighted by Crippen LogP contribution is 2.17. The second-order valence-corrected chi connectivity index (χ2v) is 5.77. The lowest BCUT2D eigenvalue weighted by molar-refractivity contribution is 0.646. The molecule has 5 nitrogen and oxygen atoms in total. The van der Waals surface area contributed by atoms with Gasteiger partial charge in [-0.15, -0.1) is 11.3 Å². The van der Waals surface area contributed by atoms with E-state index in [2.05, 4.69) is 32.9 Å². The van der Waals surface area contributed by atoms with Gasteiger partial charge in [0.15, 0.2) is 11.1 Å². The van der Waals surface area contributed by atoms with Crippen LogP contribution in [0.5, 0.6) is 0 Å². The predicted molar refractivity (Wildman–Crippen MR) is 88.8 cm³/mol. The van der Waals surface area contributed by atoms with Gasteiger partial charge in [0.05, 0.1) is 12.2 Å². The van der Waals surface area contributed by atoms with E-state index in [0.717, 1.165) is 23.3 Å². The average molecular weight is 297 g/mol. The Balaban J connectivity index is 2.26. The van der Waals surface area contributed by atoms with Gasteiger partial charge in [0.2, 0.25) is 0 Å². The van der Waals surface area contributed by atoms with Crippen LogP contribution in [0.2, 0.25) is 0 Å². The predicted octanol–water partition coefficient (Wildman–Crippen LogP) is 2.45. The zero-order valence-electron chi connectivity index (χ0n) is 13.1. The number of guanidine groups is 1. The van der Waals surface area contributed by atoms with Crippen molar-refractivity contribution in [1.82, 2.24) is 15.6 Å². The molecule has 0 saturated carbocycles. The molecule has 0 aliphatic heterocycles. The fraction of sp³-hybridized carbons (Fsp3) is 0.714. The van der Waals surface area contributed by atoms with Crippen molar-refractivity contribution in [1.29, 1.82) is 0 Å². The summed E-state index contributed by atoms with van der Waals surface area (Å²) >= 11 is 1.66. The molecule has 0 radical (unpaired) electrons. The van der Waals surface area contributed by atoms with E-state index in [1.807, 2.05) is 19.0 Å². The number of thiazole rings is 1. The fourth-order valence-electron chi connectivity index (χ4n) is 1.74. The van der Waals surface area contributed by atoms with Crippen molar-refractivity contribution in [2.45, 2.75) is 39.2 Å². The van der Waals surface area contributed by atoms with Crippen LogP contribution in [-0.2, 0) is 6.54 Å². The van der Waals surface area contributed by atoms with Crippen LogP contribution in [0.1, 0.15) is 38.3 Å². The molecule has 0 aliphatic rings. The van der Waals surface area contributed by atoms with E-state index < -0.39 is 0 Å².